The standard InChI is InChI=1S/C17H22N2O2/c1-17(2)19-15(11-21-17)13-9-18(10-14(13)16(19)20)8-12-6-4-3-5-7-12/h3-7,13-15H,8-11H2,1-2H3. The van der Waals surface area contributed by atoms with Gasteiger partial charge in [0.1, 0.15) is 5.72 Å². The molecule has 1 aromatic carbocycles. The van der Waals surface area contributed by atoms with E-state index in [2.05, 4.69) is 29.2 Å². The number of nitrogens with zero attached hydrogens (tertiary/aromatic N) is 2. The lowest BCUT2D eigenvalue weighted by Gasteiger charge is -2.31. The van der Waals surface area contributed by atoms with Gasteiger partial charge in [-0.3, -0.25) is 9.69 Å². The van der Waals surface area contributed by atoms with Crippen LogP contribution in [0.25, 0.3) is 0 Å². The summed E-state index contributed by atoms with van der Waals surface area (Å²) in [5, 5.41) is 0. The lowest BCUT2D eigenvalue weighted by Crippen LogP contribution is -2.46. The minimum absolute atomic E-state index is 0.168. The van der Waals surface area contributed by atoms with E-state index in [0.29, 0.717) is 18.4 Å². The Balaban J connectivity index is 1.50. The highest BCUT2D eigenvalue weighted by Crippen LogP contribution is 2.45. The molecule has 4 rings (SSSR count). The van der Waals surface area contributed by atoms with Crippen molar-refractivity contribution in [1.29, 1.82) is 0 Å². The van der Waals surface area contributed by atoms with Gasteiger partial charge >= 0.3 is 0 Å². The summed E-state index contributed by atoms with van der Waals surface area (Å²) in [7, 11) is 0. The zero-order chi connectivity index (χ0) is 14.6. The second kappa shape index (κ2) is 4.55. The zero-order valence-corrected chi connectivity index (χ0v) is 12.7. The smallest absolute Gasteiger partial charge is 0.229 e. The summed E-state index contributed by atoms with van der Waals surface area (Å²) in [5.74, 6) is 0.896. The molecule has 3 aliphatic rings. The Morgan fingerprint density at radius 1 is 1.24 bits per heavy atom. The van der Waals surface area contributed by atoms with E-state index in [9.17, 15) is 4.79 Å². The van der Waals surface area contributed by atoms with Gasteiger partial charge in [-0.2, -0.15) is 0 Å². The van der Waals surface area contributed by atoms with Crippen LogP contribution in [-0.4, -0.2) is 47.2 Å². The first-order valence-electron chi connectivity index (χ1n) is 7.80. The monoisotopic (exact) mass is 286 g/mol. The van der Waals surface area contributed by atoms with Crippen LogP contribution in [0.15, 0.2) is 30.3 Å². The number of ether oxygens (including phenoxy) is 1. The first kappa shape index (κ1) is 13.3. The first-order chi connectivity index (χ1) is 10.1. The average molecular weight is 286 g/mol. The Hall–Kier alpha value is -1.39. The highest BCUT2D eigenvalue weighted by atomic mass is 16.5. The molecule has 21 heavy (non-hydrogen) atoms. The second-order valence-electron chi connectivity index (χ2n) is 6.98. The number of hydrogen-bond donors (Lipinski definition) is 0. The Kier molecular flexibility index (Phi) is 2.88. The Labute approximate surface area is 125 Å². The van der Waals surface area contributed by atoms with Crippen LogP contribution in [0.2, 0.25) is 0 Å². The van der Waals surface area contributed by atoms with E-state index in [0.717, 1.165) is 19.6 Å². The SMILES string of the molecule is CC1(C)OCC2C3CN(Cc4ccccc4)CC3C(=O)N21. The predicted molar refractivity (Wildman–Crippen MR) is 79.4 cm³/mol. The number of likely N-dealkylation sites (tertiary alicyclic amines) is 1. The summed E-state index contributed by atoms with van der Waals surface area (Å²) < 4.78 is 5.83. The van der Waals surface area contributed by atoms with Crippen LogP contribution in [0, 0.1) is 11.8 Å². The quantitative estimate of drug-likeness (QED) is 0.830. The first-order valence-corrected chi connectivity index (χ1v) is 7.80. The summed E-state index contributed by atoms with van der Waals surface area (Å²) in [6, 6.07) is 10.8. The van der Waals surface area contributed by atoms with Crippen LogP contribution < -0.4 is 0 Å². The van der Waals surface area contributed by atoms with E-state index in [4.69, 9.17) is 4.74 Å². The summed E-state index contributed by atoms with van der Waals surface area (Å²) in [6.45, 7) is 7.55. The molecule has 1 aromatic rings. The third kappa shape index (κ3) is 2.00. The molecule has 0 bridgehead atoms. The summed E-state index contributed by atoms with van der Waals surface area (Å²) in [5.41, 5.74) is 0.904. The second-order valence-corrected chi connectivity index (χ2v) is 6.98. The molecule has 3 saturated heterocycles. The minimum Gasteiger partial charge on any atom is -0.354 e. The van der Waals surface area contributed by atoms with Gasteiger partial charge in [-0.25, -0.2) is 0 Å². The number of benzene rings is 1. The molecule has 0 spiro atoms. The maximum Gasteiger partial charge on any atom is 0.229 e. The Morgan fingerprint density at radius 2 is 2.00 bits per heavy atom. The number of rotatable bonds is 2. The molecule has 0 N–H and O–H groups in total. The maximum absolute atomic E-state index is 12.7. The van der Waals surface area contributed by atoms with Gasteiger partial charge in [-0.05, 0) is 19.4 Å². The number of fused-ring (bicyclic) bond motifs is 3. The highest BCUT2D eigenvalue weighted by molar-refractivity contribution is 5.83. The van der Waals surface area contributed by atoms with Gasteiger partial charge in [0, 0.05) is 25.6 Å². The van der Waals surface area contributed by atoms with Crippen molar-refractivity contribution in [3.63, 3.8) is 0 Å². The minimum atomic E-state index is -0.420. The van der Waals surface area contributed by atoms with Crippen molar-refractivity contribution in [3.8, 4) is 0 Å². The van der Waals surface area contributed by atoms with Gasteiger partial charge in [0.25, 0.3) is 0 Å². The third-order valence-electron chi connectivity index (χ3n) is 5.26. The van der Waals surface area contributed by atoms with Crippen molar-refractivity contribution in [1.82, 2.24) is 9.80 Å². The van der Waals surface area contributed by atoms with E-state index in [-0.39, 0.29) is 12.0 Å². The third-order valence-corrected chi connectivity index (χ3v) is 5.26. The number of hydrogen-bond acceptors (Lipinski definition) is 3. The van der Waals surface area contributed by atoms with Gasteiger partial charge in [-0.15, -0.1) is 0 Å². The molecular weight excluding hydrogens is 264 g/mol. The molecular formula is C17H22N2O2. The van der Waals surface area contributed by atoms with E-state index in [1.165, 1.54) is 5.56 Å². The number of carbonyl (C=O) groups is 1. The highest BCUT2D eigenvalue weighted by Gasteiger charge is 2.59. The van der Waals surface area contributed by atoms with Crippen LogP contribution in [-0.2, 0) is 16.1 Å². The van der Waals surface area contributed by atoms with Crippen molar-refractivity contribution in [3.05, 3.63) is 35.9 Å². The molecule has 3 atom stereocenters. The van der Waals surface area contributed by atoms with Crippen LogP contribution >= 0.6 is 0 Å². The molecule has 0 saturated carbocycles. The van der Waals surface area contributed by atoms with Gasteiger partial charge in [-0.1, -0.05) is 30.3 Å². The largest absolute Gasteiger partial charge is 0.354 e. The summed E-state index contributed by atoms with van der Waals surface area (Å²) in [6.07, 6.45) is 0. The molecule has 1 amide bonds. The normalized spacial score (nSPS) is 34.3. The molecule has 112 valence electrons. The Bertz CT molecular complexity index is 557. The molecule has 3 unspecified atom stereocenters. The van der Waals surface area contributed by atoms with Crippen LogP contribution in [0.1, 0.15) is 19.4 Å². The Morgan fingerprint density at radius 3 is 2.76 bits per heavy atom. The molecule has 4 heteroatoms. The fraction of sp³-hybridized carbons (Fsp3) is 0.588. The molecule has 0 aromatic heterocycles. The van der Waals surface area contributed by atoms with Crippen molar-refractivity contribution in [2.45, 2.75) is 32.2 Å². The van der Waals surface area contributed by atoms with Crippen LogP contribution in [0.3, 0.4) is 0 Å². The van der Waals surface area contributed by atoms with Crippen molar-refractivity contribution >= 4 is 5.91 Å². The fourth-order valence-electron chi connectivity index (χ4n) is 4.29. The van der Waals surface area contributed by atoms with E-state index in [1.807, 2.05) is 24.8 Å². The van der Waals surface area contributed by atoms with Crippen molar-refractivity contribution < 1.29 is 9.53 Å². The maximum atomic E-state index is 12.7. The van der Waals surface area contributed by atoms with Crippen molar-refractivity contribution in [2.24, 2.45) is 11.8 Å². The number of amides is 1. The fourth-order valence-corrected chi connectivity index (χ4v) is 4.29. The van der Waals surface area contributed by atoms with Gasteiger partial charge in [0.15, 0.2) is 0 Å². The summed E-state index contributed by atoms with van der Waals surface area (Å²) in [4.78, 5) is 17.1. The van der Waals surface area contributed by atoms with Crippen molar-refractivity contribution in [2.75, 3.05) is 19.7 Å². The van der Waals surface area contributed by atoms with E-state index in [1.54, 1.807) is 0 Å². The van der Waals surface area contributed by atoms with Crippen LogP contribution in [0.4, 0.5) is 0 Å². The predicted octanol–water partition coefficient (Wildman–Crippen LogP) is 1.71. The van der Waals surface area contributed by atoms with E-state index >= 15 is 0 Å². The molecule has 0 radical (unpaired) electrons. The average Bonchev–Trinajstić information content (AvgIpc) is 3.06. The zero-order valence-electron chi connectivity index (χ0n) is 12.7. The van der Waals surface area contributed by atoms with Gasteiger partial charge < -0.3 is 9.64 Å². The van der Waals surface area contributed by atoms with Crippen LogP contribution in [0.5, 0.6) is 0 Å². The molecule has 3 aliphatic heterocycles. The number of carbonyl (C=O) groups excluding carboxylic acids is 1. The summed E-state index contributed by atoms with van der Waals surface area (Å²) >= 11 is 0. The lowest BCUT2D eigenvalue weighted by atomic mass is 9.94. The topological polar surface area (TPSA) is 32.8 Å². The molecule has 4 nitrogen and oxygen atoms in total. The molecule has 0 aliphatic carbocycles. The lowest BCUT2D eigenvalue weighted by molar-refractivity contribution is -0.145. The molecule has 3 heterocycles. The molecule has 3 fully saturated rings. The van der Waals surface area contributed by atoms with Gasteiger partial charge in [0.2, 0.25) is 5.91 Å². The van der Waals surface area contributed by atoms with Gasteiger partial charge in [0.05, 0.1) is 18.6 Å². The van der Waals surface area contributed by atoms with E-state index < -0.39 is 5.72 Å².